The second-order valence-corrected chi connectivity index (χ2v) is 7.58. The van der Waals surface area contributed by atoms with Gasteiger partial charge in [-0.25, -0.2) is 4.98 Å². The van der Waals surface area contributed by atoms with E-state index >= 15 is 0 Å². The van der Waals surface area contributed by atoms with Crippen LogP contribution in [0.3, 0.4) is 0 Å². The first-order chi connectivity index (χ1) is 14.0. The molecule has 0 radical (unpaired) electrons. The van der Waals surface area contributed by atoms with Gasteiger partial charge in [0.05, 0.1) is 0 Å². The van der Waals surface area contributed by atoms with Crippen LogP contribution in [0.2, 0.25) is 0 Å². The molecule has 30 heavy (non-hydrogen) atoms. The number of pyridine rings is 1. The Morgan fingerprint density at radius 1 is 1.07 bits per heavy atom. The van der Waals surface area contributed by atoms with Gasteiger partial charge in [0, 0.05) is 20.1 Å². The maximum absolute atomic E-state index is 13.1. The molecular weight excluding hydrogens is 399 g/mol. The van der Waals surface area contributed by atoms with Crippen LogP contribution in [0.4, 0.5) is 25.1 Å². The molecule has 1 fully saturated rings. The lowest BCUT2D eigenvalue weighted by atomic mass is 10.2. The van der Waals surface area contributed by atoms with Crippen molar-refractivity contribution in [1.82, 2.24) is 24.8 Å². The van der Waals surface area contributed by atoms with E-state index in [1.54, 1.807) is 21.0 Å². The number of rotatable bonds is 7. The lowest BCUT2D eigenvalue weighted by Gasteiger charge is -2.19. The molecule has 0 bridgehead atoms. The van der Waals surface area contributed by atoms with Gasteiger partial charge in [-0.1, -0.05) is 6.07 Å². The quantitative estimate of drug-likeness (QED) is 0.707. The molecular formula is C19H24F3N7O. The van der Waals surface area contributed by atoms with E-state index < -0.39 is 17.9 Å². The van der Waals surface area contributed by atoms with Crippen LogP contribution in [0.15, 0.2) is 18.2 Å². The molecule has 2 N–H and O–H groups in total. The summed E-state index contributed by atoms with van der Waals surface area (Å²) in [5.74, 6) is 0.573. The number of alkyl halides is 3. The van der Waals surface area contributed by atoms with Gasteiger partial charge in [0.15, 0.2) is 5.82 Å². The van der Waals surface area contributed by atoms with Crippen molar-refractivity contribution in [2.24, 2.45) is 5.92 Å². The number of nitrogens with zero attached hydrogens (tertiary/aromatic N) is 5. The minimum absolute atomic E-state index is 0.0198. The molecule has 11 heteroatoms. The molecule has 2 atom stereocenters. The minimum atomic E-state index is -4.58. The second kappa shape index (κ2) is 8.41. The van der Waals surface area contributed by atoms with Crippen LogP contribution in [-0.2, 0) is 11.0 Å². The maximum Gasteiger partial charge on any atom is 0.433 e. The predicted molar refractivity (Wildman–Crippen MR) is 106 cm³/mol. The van der Waals surface area contributed by atoms with E-state index in [0.29, 0.717) is 5.92 Å². The van der Waals surface area contributed by atoms with E-state index in [9.17, 15) is 18.0 Å². The van der Waals surface area contributed by atoms with Crippen LogP contribution < -0.4 is 10.6 Å². The van der Waals surface area contributed by atoms with Crippen LogP contribution in [0.25, 0.3) is 11.5 Å². The van der Waals surface area contributed by atoms with Crippen molar-refractivity contribution in [1.29, 1.82) is 0 Å². The van der Waals surface area contributed by atoms with Gasteiger partial charge < -0.3 is 15.5 Å². The van der Waals surface area contributed by atoms with Gasteiger partial charge in [0.25, 0.3) is 0 Å². The fourth-order valence-electron chi connectivity index (χ4n) is 2.90. The van der Waals surface area contributed by atoms with Gasteiger partial charge in [-0.15, -0.1) is 0 Å². The van der Waals surface area contributed by atoms with E-state index in [4.69, 9.17) is 0 Å². The summed E-state index contributed by atoms with van der Waals surface area (Å²) in [6.45, 7) is 3.64. The van der Waals surface area contributed by atoms with Gasteiger partial charge in [-0.05, 0) is 44.7 Å². The van der Waals surface area contributed by atoms with E-state index in [0.717, 1.165) is 18.9 Å². The van der Waals surface area contributed by atoms with E-state index in [1.807, 2.05) is 6.92 Å². The second-order valence-electron chi connectivity index (χ2n) is 7.58. The molecule has 3 rings (SSSR count). The molecule has 1 aliphatic rings. The number of aromatic nitrogens is 4. The van der Waals surface area contributed by atoms with E-state index in [2.05, 4.69) is 30.6 Å². The standard InChI is InChI=1S/C19H24F3N7O/c1-10(12-8-9-12)23-17-26-15(13-6-5-7-14(25-13)19(20,21)22)27-18(28-17)24-11(2)16(30)29(3)4/h5-7,10-12H,8-9H2,1-4H3,(H2,23,24,26,27,28). The van der Waals surface area contributed by atoms with Gasteiger partial charge in [0.2, 0.25) is 17.8 Å². The number of carbonyl (C=O) groups excluding carboxylic acids is 1. The molecule has 1 saturated carbocycles. The van der Waals surface area contributed by atoms with Crippen LogP contribution in [-0.4, -0.2) is 56.9 Å². The molecule has 0 aliphatic heterocycles. The Bertz CT molecular complexity index is 915. The summed E-state index contributed by atoms with van der Waals surface area (Å²) in [6, 6.07) is 2.99. The molecule has 2 heterocycles. The summed E-state index contributed by atoms with van der Waals surface area (Å²) >= 11 is 0. The average Bonchev–Trinajstić information content (AvgIpc) is 3.52. The first-order valence-corrected chi connectivity index (χ1v) is 9.59. The number of amides is 1. The fourth-order valence-corrected chi connectivity index (χ4v) is 2.90. The van der Waals surface area contributed by atoms with Crippen molar-refractivity contribution in [3.8, 4) is 11.5 Å². The van der Waals surface area contributed by atoms with Crippen molar-refractivity contribution in [3.05, 3.63) is 23.9 Å². The van der Waals surface area contributed by atoms with Crippen LogP contribution in [0, 0.1) is 5.92 Å². The molecule has 1 aliphatic carbocycles. The van der Waals surface area contributed by atoms with Crippen molar-refractivity contribution in [2.75, 3.05) is 24.7 Å². The minimum Gasteiger partial charge on any atom is -0.351 e. The first-order valence-electron chi connectivity index (χ1n) is 9.59. The summed E-state index contributed by atoms with van der Waals surface area (Å²) in [4.78, 5) is 30.0. The van der Waals surface area contributed by atoms with Crippen LogP contribution in [0.5, 0.6) is 0 Å². The lowest BCUT2D eigenvalue weighted by molar-refractivity contribution is -0.141. The average molecular weight is 423 g/mol. The zero-order chi connectivity index (χ0) is 22.1. The fraction of sp³-hybridized carbons (Fsp3) is 0.526. The Labute approximate surface area is 172 Å². The molecule has 2 unspecified atom stereocenters. The van der Waals surface area contributed by atoms with Crippen molar-refractivity contribution in [3.63, 3.8) is 0 Å². The van der Waals surface area contributed by atoms with Gasteiger partial charge in [0.1, 0.15) is 17.4 Å². The summed E-state index contributed by atoms with van der Waals surface area (Å²) in [5, 5.41) is 6.07. The molecule has 0 spiro atoms. The number of anilines is 2. The summed E-state index contributed by atoms with van der Waals surface area (Å²) in [6.07, 6.45) is -2.39. The highest BCUT2D eigenvalue weighted by atomic mass is 19.4. The SMILES string of the molecule is CC(Nc1nc(NC(C)C2CC2)nc(-c2cccc(C(F)(F)F)n2)n1)C(=O)N(C)C. The van der Waals surface area contributed by atoms with Crippen molar-refractivity contribution >= 4 is 17.8 Å². The Morgan fingerprint density at radius 3 is 2.27 bits per heavy atom. The van der Waals surface area contributed by atoms with E-state index in [-0.39, 0.29) is 35.4 Å². The highest BCUT2D eigenvalue weighted by molar-refractivity contribution is 5.83. The molecule has 0 aromatic carbocycles. The van der Waals surface area contributed by atoms with Gasteiger partial charge in [-0.2, -0.15) is 28.1 Å². The summed E-state index contributed by atoms with van der Waals surface area (Å²) in [7, 11) is 3.24. The zero-order valence-corrected chi connectivity index (χ0v) is 17.2. The highest BCUT2D eigenvalue weighted by Crippen LogP contribution is 2.34. The number of nitrogens with one attached hydrogen (secondary N) is 2. The first kappa shape index (κ1) is 21.7. The third-order valence-electron chi connectivity index (χ3n) is 4.75. The zero-order valence-electron chi connectivity index (χ0n) is 17.2. The topological polar surface area (TPSA) is 95.9 Å². The third kappa shape index (κ3) is 5.33. The largest absolute Gasteiger partial charge is 0.433 e. The van der Waals surface area contributed by atoms with E-state index in [1.165, 1.54) is 17.0 Å². The molecule has 2 aromatic heterocycles. The maximum atomic E-state index is 13.1. The van der Waals surface area contributed by atoms with Gasteiger partial charge >= 0.3 is 6.18 Å². The molecule has 2 aromatic rings. The van der Waals surface area contributed by atoms with Crippen LogP contribution >= 0.6 is 0 Å². The highest BCUT2D eigenvalue weighted by Gasteiger charge is 2.33. The molecule has 8 nitrogen and oxygen atoms in total. The Balaban J connectivity index is 1.96. The molecule has 0 saturated heterocycles. The monoisotopic (exact) mass is 423 g/mol. The summed E-state index contributed by atoms with van der Waals surface area (Å²) < 4.78 is 39.2. The number of carbonyl (C=O) groups is 1. The van der Waals surface area contributed by atoms with Crippen molar-refractivity contribution in [2.45, 2.75) is 44.9 Å². The number of likely N-dealkylation sites (N-methyl/N-ethyl adjacent to an activating group) is 1. The number of hydrogen-bond donors (Lipinski definition) is 2. The Kier molecular flexibility index (Phi) is 6.09. The lowest BCUT2D eigenvalue weighted by Crippen LogP contribution is -2.37. The normalized spacial score (nSPS) is 16.0. The van der Waals surface area contributed by atoms with Gasteiger partial charge in [-0.3, -0.25) is 4.79 Å². The Morgan fingerprint density at radius 2 is 1.70 bits per heavy atom. The van der Waals surface area contributed by atoms with Crippen LogP contribution in [0.1, 0.15) is 32.4 Å². The Hall–Kier alpha value is -2.98. The summed E-state index contributed by atoms with van der Waals surface area (Å²) in [5.41, 5.74) is -1.07. The molecule has 162 valence electrons. The number of hydrogen-bond acceptors (Lipinski definition) is 7. The number of halogens is 3. The third-order valence-corrected chi connectivity index (χ3v) is 4.75. The predicted octanol–water partition coefficient (Wildman–Crippen LogP) is 3.05. The smallest absolute Gasteiger partial charge is 0.351 e. The molecule has 1 amide bonds. The van der Waals surface area contributed by atoms with Crippen molar-refractivity contribution < 1.29 is 18.0 Å².